The largest absolute Gasteiger partial charge is 0.479 e. The van der Waals surface area contributed by atoms with Crippen molar-refractivity contribution in [2.45, 2.75) is 39.2 Å². The van der Waals surface area contributed by atoms with Crippen molar-refractivity contribution in [1.29, 1.82) is 0 Å². The van der Waals surface area contributed by atoms with Gasteiger partial charge in [0.05, 0.1) is 19.1 Å². The van der Waals surface area contributed by atoms with Crippen molar-refractivity contribution < 1.29 is 13.9 Å². The molecule has 0 saturated heterocycles. The monoisotopic (exact) mass is 384 g/mol. The fraction of sp³-hybridized carbons (Fsp3) is 0.381. The number of pyridine rings is 1. The predicted molar refractivity (Wildman–Crippen MR) is 105 cm³/mol. The van der Waals surface area contributed by atoms with Crippen LogP contribution in [0, 0.1) is 12.8 Å². The Morgan fingerprint density at radius 2 is 2.18 bits per heavy atom. The van der Waals surface area contributed by atoms with Crippen LogP contribution in [0.2, 0.25) is 0 Å². The van der Waals surface area contributed by atoms with Crippen LogP contribution in [0.4, 0.5) is 4.39 Å². The summed E-state index contributed by atoms with van der Waals surface area (Å²) in [5, 5.41) is 3.03. The topological polar surface area (TPSA) is 69.0 Å². The Labute approximate surface area is 164 Å². The highest BCUT2D eigenvalue weighted by molar-refractivity contribution is 5.93. The smallest absolute Gasteiger partial charge is 0.270 e. The molecule has 28 heavy (non-hydrogen) atoms. The van der Waals surface area contributed by atoms with E-state index in [9.17, 15) is 9.18 Å². The van der Waals surface area contributed by atoms with Gasteiger partial charge in [-0.25, -0.2) is 14.4 Å². The molecule has 1 atom stereocenters. The summed E-state index contributed by atoms with van der Waals surface area (Å²) in [6, 6.07) is 3.43. The molecule has 1 amide bonds. The maximum atomic E-state index is 13.5. The van der Waals surface area contributed by atoms with Gasteiger partial charge in [0.1, 0.15) is 17.2 Å². The lowest BCUT2D eigenvalue weighted by Crippen LogP contribution is -2.48. The van der Waals surface area contributed by atoms with Gasteiger partial charge in [-0.3, -0.25) is 4.79 Å². The number of methoxy groups -OCH3 is 1. The third kappa shape index (κ3) is 4.30. The number of halogens is 1. The number of ether oxygens (including phenoxy) is 1. The highest BCUT2D eigenvalue weighted by atomic mass is 19.1. The van der Waals surface area contributed by atoms with E-state index in [1.807, 2.05) is 33.0 Å². The van der Waals surface area contributed by atoms with Gasteiger partial charge in [-0.15, -0.1) is 0 Å². The molecule has 2 heterocycles. The molecule has 3 rings (SSSR count). The number of aryl methyl sites for hydroxylation is 1. The number of nitrogens with one attached hydrogen (secondary N) is 1. The number of amides is 1. The van der Waals surface area contributed by atoms with E-state index in [1.165, 1.54) is 13.2 Å². The van der Waals surface area contributed by atoms with E-state index in [1.54, 1.807) is 29.1 Å². The van der Waals surface area contributed by atoms with Crippen molar-refractivity contribution in [1.82, 2.24) is 19.9 Å². The molecule has 0 saturated carbocycles. The van der Waals surface area contributed by atoms with E-state index in [4.69, 9.17) is 4.74 Å². The molecule has 1 N–H and O–H groups in total. The van der Waals surface area contributed by atoms with E-state index in [2.05, 4.69) is 15.3 Å². The Bertz CT molecular complexity index is 930. The average Bonchev–Trinajstić information content (AvgIpc) is 2.96. The van der Waals surface area contributed by atoms with Crippen LogP contribution in [0.1, 0.15) is 42.9 Å². The van der Waals surface area contributed by atoms with Crippen LogP contribution in [0.15, 0.2) is 48.7 Å². The Hall–Kier alpha value is -2.96. The zero-order valence-electron chi connectivity index (χ0n) is 16.6. The SMILES string of the molecule is COc1nc(C(=O)NC(C)(C)C2C=CC(F)=CCC2)ccc1-n1cnc(C)c1. The number of carbonyl (C=O) groups is 1. The van der Waals surface area contributed by atoms with Gasteiger partial charge >= 0.3 is 0 Å². The average molecular weight is 384 g/mol. The van der Waals surface area contributed by atoms with Crippen LogP contribution in [-0.4, -0.2) is 33.1 Å². The van der Waals surface area contributed by atoms with Crippen molar-refractivity contribution in [3.8, 4) is 11.6 Å². The van der Waals surface area contributed by atoms with Crippen molar-refractivity contribution in [3.05, 3.63) is 60.1 Å². The van der Waals surface area contributed by atoms with E-state index in [0.29, 0.717) is 18.0 Å². The number of carbonyl (C=O) groups excluding carboxylic acids is 1. The van der Waals surface area contributed by atoms with E-state index in [-0.39, 0.29) is 23.3 Å². The second kappa shape index (κ2) is 7.96. The lowest BCUT2D eigenvalue weighted by molar-refractivity contribution is 0.0885. The molecule has 0 spiro atoms. The molecule has 0 bridgehead atoms. The summed E-state index contributed by atoms with van der Waals surface area (Å²) in [6.07, 6.45) is 9.77. The number of rotatable bonds is 5. The van der Waals surface area contributed by atoms with Crippen molar-refractivity contribution in [2.75, 3.05) is 7.11 Å². The summed E-state index contributed by atoms with van der Waals surface area (Å²) in [5.74, 6) is -0.191. The molecule has 0 fully saturated rings. The molecule has 2 aromatic rings. The summed E-state index contributed by atoms with van der Waals surface area (Å²) in [6.45, 7) is 5.76. The highest BCUT2D eigenvalue weighted by Crippen LogP contribution is 2.28. The lowest BCUT2D eigenvalue weighted by atomic mass is 9.84. The first-order valence-corrected chi connectivity index (χ1v) is 9.22. The molecule has 0 radical (unpaired) electrons. The molecule has 0 aromatic carbocycles. The Morgan fingerprint density at radius 3 is 2.86 bits per heavy atom. The van der Waals surface area contributed by atoms with Gasteiger partial charge in [0.2, 0.25) is 5.88 Å². The fourth-order valence-corrected chi connectivity index (χ4v) is 3.28. The minimum Gasteiger partial charge on any atom is -0.479 e. The molecular weight excluding hydrogens is 359 g/mol. The number of allylic oxidation sites excluding steroid dienone is 3. The van der Waals surface area contributed by atoms with Crippen LogP contribution >= 0.6 is 0 Å². The van der Waals surface area contributed by atoms with Gasteiger partial charge in [0.15, 0.2) is 0 Å². The number of aromatic nitrogens is 3. The van der Waals surface area contributed by atoms with Crippen LogP contribution in [-0.2, 0) is 0 Å². The van der Waals surface area contributed by atoms with E-state index >= 15 is 0 Å². The minimum absolute atomic E-state index is 0.0102. The molecular formula is C21H25FN4O2. The van der Waals surface area contributed by atoms with Crippen LogP contribution in [0.3, 0.4) is 0 Å². The van der Waals surface area contributed by atoms with Crippen LogP contribution in [0.25, 0.3) is 5.69 Å². The maximum Gasteiger partial charge on any atom is 0.270 e. The summed E-state index contributed by atoms with van der Waals surface area (Å²) in [5.41, 5.74) is 1.27. The number of hydrogen-bond donors (Lipinski definition) is 1. The first kappa shape index (κ1) is 19.8. The van der Waals surface area contributed by atoms with Gasteiger partial charge in [-0.05, 0) is 57.9 Å². The molecule has 1 aliphatic rings. The van der Waals surface area contributed by atoms with Gasteiger partial charge < -0.3 is 14.6 Å². The molecule has 2 aromatic heterocycles. The van der Waals surface area contributed by atoms with Crippen molar-refractivity contribution in [3.63, 3.8) is 0 Å². The molecule has 1 aliphatic carbocycles. The van der Waals surface area contributed by atoms with Gasteiger partial charge in [-0.1, -0.05) is 6.08 Å². The number of hydrogen-bond acceptors (Lipinski definition) is 4. The summed E-state index contributed by atoms with van der Waals surface area (Å²) < 4.78 is 20.6. The van der Waals surface area contributed by atoms with Crippen LogP contribution in [0.5, 0.6) is 5.88 Å². The Kier molecular flexibility index (Phi) is 5.63. The Morgan fingerprint density at radius 1 is 1.39 bits per heavy atom. The van der Waals surface area contributed by atoms with E-state index < -0.39 is 5.54 Å². The van der Waals surface area contributed by atoms with Gasteiger partial charge in [-0.2, -0.15) is 0 Å². The fourth-order valence-electron chi connectivity index (χ4n) is 3.28. The lowest BCUT2D eigenvalue weighted by Gasteiger charge is -2.33. The second-order valence-corrected chi connectivity index (χ2v) is 7.45. The zero-order valence-corrected chi connectivity index (χ0v) is 16.6. The first-order valence-electron chi connectivity index (χ1n) is 9.22. The number of imidazole rings is 1. The normalized spacial score (nSPS) is 17.0. The highest BCUT2D eigenvalue weighted by Gasteiger charge is 2.30. The maximum absolute atomic E-state index is 13.5. The molecule has 148 valence electrons. The molecule has 6 nitrogen and oxygen atoms in total. The van der Waals surface area contributed by atoms with Crippen molar-refractivity contribution in [2.24, 2.45) is 5.92 Å². The summed E-state index contributed by atoms with van der Waals surface area (Å²) >= 11 is 0. The molecule has 7 heteroatoms. The predicted octanol–water partition coefficient (Wildman–Crippen LogP) is 3.91. The van der Waals surface area contributed by atoms with Gasteiger partial charge in [0, 0.05) is 17.7 Å². The summed E-state index contributed by atoms with van der Waals surface area (Å²) in [4.78, 5) is 21.4. The van der Waals surface area contributed by atoms with E-state index in [0.717, 1.165) is 12.1 Å². The second-order valence-electron chi connectivity index (χ2n) is 7.45. The molecule has 0 aliphatic heterocycles. The standard InChI is InChI=1S/C21H25FN4O2/c1-14-12-26(13-23-14)18-11-10-17(24-20(18)28-4)19(27)25-21(2,3)15-6-5-7-16(22)9-8-15/h7-13,15H,5-6H2,1-4H3,(H,25,27). The van der Waals surface area contributed by atoms with Gasteiger partial charge in [0.25, 0.3) is 5.91 Å². The minimum atomic E-state index is -0.554. The first-order chi connectivity index (χ1) is 13.3. The third-order valence-corrected chi connectivity index (χ3v) is 4.92. The van der Waals surface area contributed by atoms with Crippen molar-refractivity contribution >= 4 is 5.91 Å². The Balaban J connectivity index is 1.79. The number of nitrogens with zero attached hydrogens (tertiary/aromatic N) is 3. The zero-order chi connectivity index (χ0) is 20.3. The summed E-state index contributed by atoms with van der Waals surface area (Å²) in [7, 11) is 1.51. The third-order valence-electron chi connectivity index (χ3n) is 4.92. The molecule has 1 unspecified atom stereocenters. The van der Waals surface area contributed by atoms with Crippen LogP contribution < -0.4 is 10.1 Å². The quantitative estimate of drug-likeness (QED) is 0.849.